The van der Waals surface area contributed by atoms with E-state index in [1.54, 1.807) is 12.0 Å². The largest absolute Gasteiger partial charge is 0.416 e. The monoisotopic (exact) mass is 591 g/mol. The SMILES string of the molecule is COC[C@@H]1CC(NC2CCC(O)(c3ccc(CN(C)C)cn3)CC2)CN1C(=O)CNC(=O)c1cccc(C(F)(F)F)c1. The third-order valence-electron chi connectivity index (χ3n) is 8.03. The Balaban J connectivity index is 1.29. The van der Waals surface area contributed by atoms with E-state index >= 15 is 0 Å². The van der Waals surface area contributed by atoms with Crippen molar-refractivity contribution in [2.75, 3.05) is 40.9 Å². The molecule has 2 aromatic rings. The van der Waals surface area contributed by atoms with Crippen LogP contribution in [0.2, 0.25) is 0 Å². The number of hydrogen-bond acceptors (Lipinski definition) is 7. The fraction of sp³-hybridized carbons (Fsp3) is 0.567. The van der Waals surface area contributed by atoms with E-state index in [4.69, 9.17) is 4.74 Å². The number of methoxy groups -OCH3 is 1. The van der Waals surface area contributed by atoms with Crippen LogP contribution in [-0.2, 0) is 27.9 Å². The number of benzene rings is 1. The molecular formula is C30H40F3N5O4. The second-order valence-corrected chi connectivity index (χ2v) is 11.6. The molecule has 12 heteroatoms. The highest BCUT2D eigenvalue weighted by Gasteiger charge is 2.40. The molecule has 2 fully saturated rings. The van der Waals surface area contributed by atoms with Gasteiger partial charge in [0.15, 0.2) is 0 Å². The van der Waals surface area contributed by atoms with Crippen molar-refractivity contribution in [3.63, 3.8) is 0 Å². The lowest BCUT2D eigenvalue weighted by atomic mass is 9.79. The summed E-state index contributed by atoms with van der Waals surface area (Å²) < 4.78 is 44.4. The summed E-state index contributed by atoms with van der Waals surface area (Å²) in [5.41, 5.74) is -0.283. The Labute approximate surface area is 244 Å². The molecule has 1 saturated carbocycles. The molecule has 1 unspecified atom stereocenters. The molecule has 4 rings (SSSR count). The molecule has 2 heterocycles. The van der Waals surface area contributed by atoms with Gasteiger partial charge in [0.05, 0.1) is 30.5 Å². The minimum Gasteiger partial charge on any atom is -0.384 e. The number of aromatic nitrogens is 1. The number of carbonyl (C=O) groups excluding carboxylic acids is 2. The number of ether oxygens (including phenoxy) is 1. The Hall–Kier alpha value is -3.06. The van der Waals surface area contributed by atoms with Gasteiger partial charge in [-0.3, -0.25) is 14.6 Å². The normalized spacial score (nSPS) is 24.7. The van der Waals surface area contributed by atoms with Gasteiger partial charge in [-0.15, -0.1) is 0 Å². The Kier molecular flexibility index (Phi) is 10.2. The number of likely N-dealkylation sites (tertiary alicyclic amines) is 1. The van der Waals surface area contributed by atoms with Crippen LogP contribution in [0.4, 0.5) is 13.2 Å². The quantitative estimate of drug-likeness (QED) is 0.390. The summed E-state index contributed by atoms with van der Waals surface area (Å²) in [6, 6.07) is 8.00. The average Bonchev–Trinajstić information content (AvgIpc) is 3.35. The van der Waals surface area contributed by atoms with Crippen LogP contribution < -0.4 is 10.6 Å². The summed E-state index contributed by atoms with van der Waals surface area (Å²) in [7, 11) is 5.55. The number of carbonyl (C=O) groups is 2. The van der Waals surface area contributed by atoms with Crippen molar-refractivity contribution in [2.45, 2.75) is 68.6 Å². The zero-order valence-electron chi connectivity index (χ0n) is 24.3. The first-order valence-corrected chi connectivity index (χ1v) is 14.2. The molecule has 2 amide bonds. The minimum atomic E-state index is -4.57. The maximum absolute atomic E-state index is 13.1. The van der Waals surface area contributed by atoms with Crippen molar-refractivity contribution in [1.82, 2.24) is 25.4 Å². The van der Waals surface area contributed by atoms with Crippen molar-refractivity contribution in [3.05, 3.63) is 65.0 Å². The van der Waals surface area contributed by atoms with Gasteiger partial charge >= 0.3 is 6.18 Å². The van der Waals surface area contributed by atoms with Crippen LogP contribution in [0.1, 0.15) is 59.3 Å². The third kappa shape index (κ3) is 8.06. The Bertz CT molecular complexity index is 1220. The van der Waals surface area contributed by atoms with E-state index < -0.39 is 23.2 Å². The van der Waals surface area contributed by atoms with Crippen LogP contribution in [0, 0.1) is 0 Å². The van der Waals surface area contributed by atoms with Crippen molar-refractivity contribution >= 4 is 11.8 Å². The van der Waals surface area contributed by atoms with Crippen molar-refractivity contribution in [1.29, 1.82) is 0 Å². The summed E-state index contributed by atoms with van der Waals surface area (Å²) in [5.74, 6) is -1.08. The lowest BCUT2D eigenvalue weighted by Crippen LogP contribution is -2.47. The van der Waals surface area contributed by atoms with Gasteiger partial charge in [0.2, 0.25) is 5.91 Å². The lowest BCUT2D eigenvalue weighted by Gasteiger charge is -2.37. The van der Waals surface area contributed by atoms with E-state index in [2.05, 4.69) is 20.5 Å². The highest BCUT2D eigenvalue weighted by molar-refractivity contribution is 5.96. The minimum absolute atomic E-state index is 0.00732. The number of nitrogens with zero attached hydrogens (tertiary/aromatic N) is 3. The third-order valence-corrected chi connectivity index (χ3v) is 8.03. The molecule has 230 valence electrons. The predicted octanol–water partition coefficient (Wildman–Crippen LogP) is 2.93. The van der Waals surface area contributed by atoms with Crippen molar-refractivity contribution in [3.8, 4) is 0 Å². The van der Waals surface area contributed by atoms with Gasteiger partial charge in [-0.1, -0.05) is 12.1 Å². The molecule has 42 heavy (non-hydrogen) atoms. The molecule has 1 aliphatic heterocycles. The highest BCUT2D eigenvalue weighted by Crippen LogP contribution is 2.37. The summed E-state index contributed by atoms with van der Waals surface area (Å²) in [4.78, 5) is 33.8. The molecule has 0 spiro atoms. The summed E-state index contributed by atoms with van der Waals surface area (Å²) in [6.07, 6.45) is 0.569. The molecule has 1 aliphatic carbocycles. The Morgan fingerprint density at radius 2 is 1.90 bits per heavy atom. The fourth-order valence-electron chi connectivity index (χ4n) is 5.90. The zero-order chi connectivity index (χ0) is 30.5. The second-order valence-electron chi connectivity index (χ2n) is 11.6. The molecule has 0 bridgehead atoms. The van der Waals surface area contributed by atoms with Gasteiger partial charge in [-0.25, -0.2) is 0 Å². The number of halogens is 3. The van der Waals surface area contributed by atoms with Crippen molar-refractivity contribution < 1.29 is 32.6 Å². The van der Waals surface area contributed by atoms with E-state index in [1.807, 2.05) is 32.4 Å². The van der Waals surface area contributed by atoms with Crippen LogP contribution in [-0.4, -0.2) is 90.7 Å². The van der Waals surface area contributed by atoms with Crippen LogP contribution in [0.15, 0.2) is 42.6 Å². The molecular weight excluding hydrogens is 551 g/mol. The van der Waals surface area contributed by atoms with Gasteiger partial charge in [0.25, 0.3) is 5.91 Å². The van der Waals surface area contributed by atoms with E-state index in [0.717, 1.165) is 43.1 Å². The number of aliphatic hydroxyl groups is 1. The highest BCUT2D eigenvalue weighted by atomic mass is 19.4. The first-order valence-electron chi connectivity index (χ1n) is 14.2. The first kappa shape index (κ1) is 31.9. The molecule has 3 N–H and O–H groups in total. The topological polar surface area (TPSA) is 107 Å². The van der Waals surface area contributed by atoms with Crippen LogP contribution in [0.25, 0.3) is 0 Å². The summed E-state index contributed by atoms with van der Waals surface area (Å²) in [5, 5.41) is 17.4. The average molecular weight is 592 g/mol. The van der Waals surface area contributed by atoms with Gasteiger partial charge in [0, 0.05) is 44.0 Å². The molecule has 9 nitrogen and oxygen atoms in total. The van der Waals surface area contributed by atoms with Gasteiger partial charge in [0.1, 0.15) is 5.60 Å². The molecule has 2 atom stereocenters. The van der Waals surface area contributed by atoms with Crippen LogP contribution >= 0.6 is 0 Å². The van der Waals surface area contributed by atoms with Gasteiger partial charge in [-0.05, 0) is 76.0 Å². The number of pyridine rings is 1. The van der Waals surface area contributed by atoms with Gasteiger partial charge < -0.3 is 30.3 Å². The number of hydrogen-bond donors (Lipinski definition) is 3. The van der Waals surface area contributed by atoms with E-state index in [1.165, 1.54) is 6.07 Å². The maximum atomic E-state index is 13.1. The van der Waals surface area contributed by atoms with Crippen LogP contribution in [0.3, 0.4) is 0 Å². The summed E-state index contributed by atoms with van der Waals surface area (Å²) in [6.45, 7) is 1.19. The zero-order valence-corrected chi connectivity index (χ0v) is 24.3. The van der Waals surface area contributed by atoms with Crippen molar-refractivity contribution in [2.24, 2.45) is 0 Å². The molecule has 1 aromatic heterocycles. The van der Waals surface area contributed by atoms with E-state index in [-0.39, 0.29) is 36.1 Å². The van der Waals surface area contributed by atoms with Gasteiger partial charge in [-0.2, -0.15) is 13.2 Å². The number of alkyl halides is 3. The molecule has 1 aromatic carbocycles. The lowest BCUT2D eigenvalue weighted by molar-refractivity contribution is -0.137. The van der Waals surface area contributed by atoms with Crippen LogP contribution in [0.5, 0.6) is 0 Å². The summed E-state index contributed by atoms with van der Waals surface area (Å²) >= 11 is 0. The molecule has 0 radical (unpaired) electrons. The molecule has 2 aliphatic rings. The number of amides is 2. The standard InChI is InChI=1S/C30H40F3N5O4/c1-37(2)17-20-7-8-26(34-15-20)29(41)11-9-23(10-12-29)36-24-14-25(19-42-3)38(18-24)27(39)16-35-28(40)21-5-4-6-22(13-21)30(31,32)33/h4-8,13,15,23-25,36,41H,9-12,14,16-19H2,1-3H3,(H,35,40)/t23?,24?,25-,29?/m0/s1. The number of rotatable bonds is 10. The smallest absolute Gasteiger partial charge is 0.384 e. The molecule has 1 saturated heterocycles. The Morgan fingerprint density at radius 3 is 2.52 bits per heavy atom. The maximum Gasteiger partial charge on any atom is 0.416 e. The Morgan fingerprint density at radius 1 is 1.17 bits per heavy atom. The number of nitrogens with one attached hydrogen (secondary N) is 2. The van der Waals surface area contributed by atoms with E-state index in [9.17, 15) is 27.9 Å². The predicted molar refractivity (Wildman–Crippen MR) is 150 cm³/mol. The van der Waals surface area contributed by atoms with E-state index in [0.29, 0.717) is 38.1 Å². The second kappa shape index (κ2) is 13.5. The first-order chi connectivity index (χ1) is 19.9. The fourth-order valence-corrected chi connectivity index (χ4v) is 5.90.